The van der Waals surface area contributed by atoms with Gasteiger partial charge in [-0.2, -0.15) is 5.10 Å². The molecule has 1 atom stereocenters. The van der Waals surface area contributed by atoms with Crippen LogP contribution in [-0.2, 0) is 14.1 Å². The number of rotatable bonds is 6. The summed E-state index contributed by atoms with van der Waals surface area (Å²) in [5.74, 6) is -0.773. The van der Waals surface area contributed by atoms with E-state index in [4.69, 9.17) is 0 Å². The number of aromatic nitrogens is 4. The highest BCUT2D eigenvalue weighted by Gasteiger charge is 2.25. The fraction of sp³-hybridized carbons (Fsp3) is 0.529. The molecule has 28 heavy (non-hydrogen) atoms. The van der Waals surface area contributed by atoms with Crippen molar-refractivity contribution in [3.63, 3.8) is 0 Å². The van der Waals surface area contributed by atoms with Gasteiger partial charge >= 0.3 is 0 Å². The van der Waals surface area contributed by atoms with E-state index in [2.05, 4.69) is 20.8 Å². The molecule has 0 unspecified atom stereocenters. The van der Waals surface area contributed by atoms with Gasteiger partial charge in [-0.1, -0.05) is 13.8 Å². The number of carbonyl (C=O) groups excluding carboxylic acids is 1. The summed E-state index contributed by atoms with van der Waals surface area (Å²) in [6, 6.07) is -0.0988. The Balaban J connectivity index is 2.57. The van der Waals surface area contributed by atoms with Crippen LogP contribution in [0.15, 0.2) is 9.59 Å². The molecule has 0 bridgehead atoms. The quantitative estimate of drug-likeness (QED) is 0.558. The highest BCUT2D eigenvalue weighted by Crippen LogP contribution is 2.30. The molecule has 2 aromatic rings. The van der Waals surface area contributed by atoms with Gasteiger partial charge in [0.05, 0.1) is 0 Å². The zero-order valence-corrected chi connectivity index (χ0v) is 17.1. The number of carbonyl (C=O) groups is 1. The molecule has 0 radical (unpaired) electrons. The van der Waals surface area contributed by atoms with Gasteiger partial charge in [0, 0.05) is 34.2 Å². The molecule has 154 valence electrons. The molecule has 2 aromatic heterocycles. The maximum Gasteiger partial charge on any atom is 0.290 e. The molecule has 2 heterocycles. The summed E-state index contributed by atoms with van der Waals surface area (Å²) in [4.78, 5) is 38.6. The SMILES string of the molecule is CC(C)[C@H](C)Nc1c(Nc2nn(C)c(C(=O)N(C)C)c2O)c(=O)[nH]n(C)c1=O. The van der Waals surface area contributed by atoms with Crippen molar-refractivity contribution in [2.24, 2.45) is 20.0 Å². The first-order valence-corrected chi connectivity index (χ1v) is 8.80. The van der Waals surface area contributed by atoms with Crippen molar-refractivity contribution in [3.8, 4) is 5.75 Å². The highest BCUT2D eigenvalue weighted by molar-refractivity contribution is 5.97. The van der Waals surface area contributed by atoms with Crippen molar-refractivity contribution in [2.45, 2.75) is 26.8 Å². The second-order valence-corrected chi connectivity index (χ2v) is 7.23. The first-order chi connectivity index (χ1) is 13.0. The standard InChI is InChI=1S/C17H27N7O4/c1-8(2)9(3)18-11-10(15(26)21-24(7)16(11)27)19-14-13(25)12(23(6)20-14)17(28)22(4)5/h8-9,18,25H,1-7H3,(H,19,20)(H,21,26)/t9-/m0/s1. The Morgan fingerprint density at radius 1 is 1.18 bits per heavy atom. The molecule has 0 aliphatic carbocycles. The van der Waals surface area contributed by atoms with Crippen LogP contribution in [0.25, 0.3) is 0 Å². The summed E-state index contributed by atoms with van der Waals surface area (Å²) in [5, 5.41) is 22.7. The number of amides is 1. The molecule has 0 saturated heterocycles. The van der Waals surface area contributed by atoms with E-state index in [9.17, 15) is 19.5 Å². The molecule has 0 aliphatic heterocycles. The lowest BCUT2D eigenvalue weighted by molar-refractivity contribution is 0.0814. The smallest absolute Gasteiger partial charge is 0.290 e. The lowest BCUT2D eigenvalue weighted by Crippen LogP contribution is -2.35. The summed E-state index contributed by atoms with van der Waals surface area (Å²) in [7, 11) is 6.02. The van der Waals surface area contributed by atoms with E-state index in [0.29, 0.717) is 0 Å². The van der Waals surface area contributed by atoms with Gasteiger partial charge in [0.25, 0.3) is 17.0 Å². The predicted molar refractivity (Wildman–Crippen MR) is 106 cm³/mol. The van der Waals surface area contributed by atoms with Crippen molar-refractivity contribution < 1.29 is 9.90 Å². The average molecular weight is 393 g/mol. The van der Waals surface area contributed by atoms with Gasteiger partial charge in [-0.05, 0) is 12.8 Å². The van der Waals surface area contributed by atoms with E-state index in [-0.39, 0.29) is 34.8 Å². The van der Waals surface area contributed by atoms with Crippen LogP contribution < -0.4 is 21.8 Å². The van der Waals surface area contributed by atoms with Crippen LogP contribution in [0.1, 0.15) is 31.3 Å². The van der Waals surface area contributed by atoms with Crippen LogP contribution in [0.4, 0.5) is 17.2 Å². The third-order valence-corrected chi connectivity index (χ3v) is 4.51. The fourth-order valence-electron chi connectivity index (χ4n) is 2.46. The molecule has 0 fully saturated rings. The second kappa shape index (κ2) is 7.79. The van der Waals surface area contributed by atoms with Gasteiger partial charge in [0.1, 0.15) is 11.4 Å². The van der Waals surface area contributed by atoms with Crippen molar-refractivity contribution in [2.75, 3.05) is 24.7 Å². The third-order valence-electron chi connectivity index (χ3n) is 4.51. The van der Waals surface area contributed by atoms with Gasteiger partial charge in [-0.15, -0.1) is 0 Å². The minimum atomic E-state index is -0.578. The van der Waals surface area contributed by atoms with Crippen molar-refractivity contribution >= 4 is 23.1 Å². The Morgan fingerprint density at radius 2 is 1.79 bits per heavy atom. The monoisotopic (exact) mass is 393 g/mol. The van der Waals surface area contributed by atoms with Crippen LogP contribution in [0.3, 0.4) is 0 Å². The molecule has 4 N–H and O–H groups in total. The van der Waals surface area contributed by atoms with Crippen LogP contribution >= 0.6 is 0 Å². The Morgan fingerprint density at radius 3 is 2.32 bits per heavy atom. The van der Waals surface area contributed by atoms with E-state index in [1.54, 1.807) is 14.1 Å². The molecule has 0 aromatic carbocycles. The Labute approximate surface area is 162 Å². The summed E-state index contributed by atoms with van der Waals surface area (Å²) < 4.78 is 2.28. The molecule has 11 nitrogen and oxygen atoms in total. The maximum absolute atomic E-state index is 12.6. The Bertz CT molecular complexity index is 1000. The number of H-pyrrole nitrogens is 1. The van der Waals surface area contributed by atoms with Crippen LogP contribution in [0.5, 0.6) is 5.75 Å². The molecular formula is C17H27N7O4. The minimum Gasteiger partial charge on any atom is -0.503 e. The zero-order valence-electron chi connectivity index (χ0n) is 17.1. The van der Waals surface area contributed by atoms with Crippen molar-refractivity contribution in [1.82, 2.24) is 24.5 Å². The fourth-order valence-corrected chi connectivity index (χ4v) is 2.46. The van der Waals surface area contributed by atoms with Gasteiger partial charge in [0.15, 0.2) is 17.3 Å². The van der Waals surface area contributed by atoms with Crippen LogP contribution in [0, 0.1) is 5.92 Å². The number of hydrogen-bond acceptors (Lipinski definition) is 7. The molecular weight excluding hydrogens is 366 g/mol. The second-order valence-electron chi connectivity index (χ2n) is 7.23. The third kappa shape index (κ3) is 3.87. The first kappa shape index (κ1) is 21.1. The average Bonchev–Trinajstić information content (AvgIpc) is 2.88. The van der Waals surface area contributed by atoms with Gasteiger partial charge < -0.3 is 20.6 Å². The normalized spacial score (nSPS) is 12.1. The number of nitrogens with zero attached hydrogens (tertiary/aromatic N) is 4. The van der Waals surface area contributed by atoms with Crippen molar-refractivity contribution in [3.05, 3.63) is 26.4 Å². The summed E-state index contributed by atoms with van der Waals surface area (Å²) in [5.41, 5.74) is -1.11. The molecule has 2 rings (SSSR count). The minimum absolute atomic E-state index is 0.0437. The Hall–Kier alpha value is -3.24. The van der Waals surface area contributed by atoms with E-state index < -0.39 is 22.8 Å². The topological polar surface area (TPSA) is 137 Å². The van der Waals surface area contributed by atoms with Gasteiger partial charge in [-0.25, -0.2) is 0 Å². The number of aromatic amines is 1. The number of aromatic hydroxyl groups is 1. The molecule has 0 saturated carbocycles. The molecule has 11 heteroatoms. The summed E-state index contributed by atoms with van der Waals surface area (Å²) in [6.07, 6.45) is 0. The van der Waals surface area contributed by atoms with E-state index >= 15 is 0 Å². The van der Waals surface area contributed by atoms with E-state index in [1.807, 2.05) is 20.8 Å². The number of aryl methyl sites for hydroxylation is 2. The molecule has 1 amide bonds. The predicted octanol–water partition coefficient (Wildman–Crippen LogP) is 0.415. The summed E-state index contributed by atoms with van der Waals surface area (Å²) >= 11 is 0. The number of anilines is 3. The lowest BCUT2D eigenvalue weighted by Gasteiger charge is -2.20. The zero-order chi connectivity index (χ0) is 21.3. The largest absolute Gasteiger partial charge is 0.503 e. The highest BCUT2D eigenvalue weighted by atomic mass is 16.3. The van der Waals surface area contributed by atoms with E-state index in [0.717, 1.165) is 4.68 Å². The number of nitrogens with one attached hydrogen (secondary N) is 3. The first-order valence-electron chi connectivity index (χ1n) is 8.80. The summed E-state index contributed by atoms with van der Waals surface area (Å²) in [6.45, 7) is 5.85. The van der Waals surface area contributed by atoms with Crippen LogP contribution in [0.2, 0.25) is 0 Å². The maximum atomic E-state index is 12.6. The van der Waals surface area contributed by atoms with E-state index in [1.165, 1.54) is 23.7 Å². The van der Waals surface area contributed by atoms with Gasteiger partial charge in [-0.3, -0.25) is 28.8 Å². The van der Waals surface area contributed by atoms with Crippen molar-refractivity contribution in [1.29, 1.82) is 0 Å². The Kier molecular flexibility index (Phi) is 5.86. The molecule has 0 spiro atoms. The van der Waals surface area contributed by atoms with Gasteiger partial charge in [0.2, 0.25) is 0 Å². The number of hydrogen-bond donors (Lipinski definition) is 4. The van der Waals surface area contributed by atoms with Crippen LogP contribution in [-0.4, -0.2) is 55.6 Å². The molecule has 0 aliphatic rings. The lowest BCUT2D eigenvalue weighted by atomic mass is 10.1.